The van der Waals surface area contributed by atoms with Gasteiger partial charge in [0, 0.05) is 12.8 Å². The Labute approximate surface area is 105 Å². The van der Waals surface area contributed by atoms with Crippen molar-refractivity contribution in [2.75, 3.05) is 0 Å². The maximum Gasteiger partial charge on any atom is 0.345 e. The maximum absolute atomic E-state index is 11.9. The summed E-state index contributed by atoms with van der Waals surface area (Å²) in [7, 11) is 0. The first kappa shape index (κ1) is 15.3. The molecule has 5 N–H and O–H groups in total. The predicted molar refractivity (Wildman–Crippen MR) is 61.0 cm³/mol. The molecule has 10 heteroatoms. The van der Waals surface area contributed by atoms with Gasteiger partial charge in [0.2, 0.25) is 0 Å². The van der Waals surface area contributed by atoms with Crippen LogP contribution in [0.15, 0.2) is 14.4 Å². The van der Waals surface area contributed by atoms with E-state index in [4.69, 9.17) is 0 Å². The average molecular weight is 277 g/mol. The number of aromatic nitrogens is 3. The van der Waals surface area contributed by atoms with Gasteiger partial charge in [-0.2, -0.15) is 9.13 Å². The Kier molecular flexibility index (Phi) is 3.82. The van der Waals surface area contributed by atoms with Gasteiger partial charge in [-0.1, -0.05) is 13.8 Å². The average Bonchev–Trinajstić information content (AvgIpc) is 2.27. The van der Waals surface area contributed by atoms with Crippen molar-refractivity contribution < 1.29 is 20.4 Å². The van der Waals surface area contributed by atoms with Crippen LogP contribution >= 0.6 is 0 Å². The van der Waals surface area contributed by atoms with Gasteiger partial charge in [-0.25, -0.2) is 14.4 Å². The molecule has 0 aromatic carbocycles. The first-order valence-corrected chi connectivity index (χ1v) is 5.47. The van der Waals surface area contributed by atoms with E-state index in [1.54, 1.807) is 4.98 Å². The van der Waals surface area contributed by atoms with Crippen LogP contribution in [0.4, 0.5) is 0 Å². The van der Waals surface area contributed by atoms with Crippen LogP contribution in [0.2, 0.25) is 0 Å². The summed E-state index contributed by atoms with van der Waals surface area (Å²) in [6, 6.07) is 0. The van der Waals surface area contributed by atoms with Crippen molar-refractivity contribution in [1.29, 1.82) is 0 Å². The minimum atomic E-state index is -2.86. The molecule has 0 fully saturated rings. The van der Waals surface area contributed by atoms with Crippen LogP contribution in [0.25, 0.3) is 0 Å². The summed E-state index contributed by atoms with van der Waals surface area (Å²) in [6.07, 6.45) is -0.881. The monoisotopic (exact) mass is 277 g/mol. The van der Waals surface area contributed by atoms with Crippen molar-refractivity contribution in [2.24, 2.45) is 0 Å². The Morgan fingerprint density at radius 3 is 1.47 bits per heavy atom. The highest BCUT2D eigenvalue weighted by Crippen LogP contribution is 2.09. The summed E-state index contributed by atoms with van der Waals surface area (Å²) >= 11 is 0. The highest BCUT2D eigenvalue weighted by molar-refractivity contribution is 4.81. The normalized spacial score (nSPS) is 12.7. The molecule has 0 atom stereocenters. The third kappa shape index (κ3) is 2.51. The molecular weight excluding hydrogens is 262 g/mol. The van der Waals surface area contributed by atoms with Crippen LogP contribution in [0, 0.1) is 0 Å². The SMILES string of the molecule is CCC(O)(O)n1c(=O)[nH]c(=O)n(C(O)(O)CC)c1=O. The minimum Gasteiger partial charge on any atom is -0.348 e. The zero-order valence-electron chi connectivity index (χ0n) is 10.3. The maximum atomic E-state index is 11.9. The molecule has 0 aliphatic heterocycles. The van der Waals surface area contributed by atoms with Crippen LogP contribution in [-0.4, -0.2) is 34.5 Å². The molecule has 0 saturated carbocycles. The van der Waals surface area contributed by atoms with Gasteiger partial charge >= 0.3 is 17.1 Å². The van der Waals surface area contributed by atoms with Crippen molar-refractivity contribution in [3.05, 3.63) is 31.5 Å². The molecule has 0 saturated heterocycles. The van der Waals surface area contributed by atoms with Crippen LogP contribution in [0.3, 0.4) is 0 Å². The van der Waals surface area contributed by atoms with E-state index in [0.717, 1.165) is 0 Å². The Morgan fingerprint density at radius 2 is 1.21 bits per heavy atom. The number of nitrogens with one attached hydrogen (secondary N) is 1. The third-order valence-corrected chi connectivity index (χ3v) is 2.67. The Hall–Kier alpha value is -1.75. The molecular formula is C9H15N3O7. The van der Waals surface area contributed by atoms with E-state index in [-0.39, 0.29) is 9.13 Å². The molecule has 108 valence electrons. The van der Waals surface area contributed by atoms with Gasteiger partial charge < -0.3 is 20.4 Å². The van der Waals surface area contributed by atoms with Gasteiger partial charge in [-0.3, -0.25) is 4.98 Å². The summed E-state index contributed by atoms with van der Waals surface area (Å²) < 4.78 is -0.156. The summed E-state index contributed by atoms with van der Waals surface area (Å²) in [5.74, 6) is -5.71. The number of aliphatic hydroxyl groups is 4. The number of nitrogens with zero attached hydrogens (tertiary/aromatic N) is 2. The Balaban J connectivity index is 3.83. The standard InChI is InChI=1S/C9H15N3O7/c1-3-8(16,17)11-5(13)10-6(14)12(7(11)15)9(18,19)4-2/h16-19H,3-4H2,1-2H3,(H,10,13,14). The van der Waals surface area contributed by atoms with Gasteiger partial charge in [-0.15, -0.1) is 0 Å². The van der Waals surface area contributed by atoms with E-state index in [0.29, 0.717) is 0 Å². The molecule has 0 amide bonds. The fourth-order valence-electron chi connectivity index (χ4n) is 1.42. The van der Waals surface area contributed by atoms with Gasteiger partial charge in [0.05, 0.1) is 0 Å². The van der Waals surface area contributed by atoms with E-state index >= 15 is 0 Å². The molecule has 0 aliphatic carbocycles. The zero-order valence-corrected chi connectivity index (χ0v) is 10.3. The number of hydrogen-bond donors (Lipinski definition) is 5. The Bertz CT molecular complexity index is 585. The second-order valence-corrected chi connectivity index (χ2v) is 3.94. The van der Waals surface area contributed by atoms with E-state index in [2.05, 4.69) is 0 Å². The second kappa shape index (κ2) is 4.74. The van der Waals surface area contributed by atoms with Gasteiger partial charge in [0.1, 0.15) is 0 Å². The van der Waals surface area contributed by atoms with E-state index < -0.39 is 41.7 Å². The number of hydrogen-bond acceptors (Lipinski definition) is 7. The number of aromatic amines is 1. The van der Waals surface area contributed by atoms with Gasteiger partial charge in [-0.05, 0) is 0 Å². The van der Waals surface area contributed by atoms with Crippen LogP contribution in [-0.2, 0) is 11.8 Å². The fourth-order valence-corrected chi connectivity index (χ4v) is 1.42. The molecule has 0 unspecified atom stereocenters. The lowest BCUT2D eigenvalue weighted by atomic mass is 10.3. The number of rotatable bonds is 4. The first-order valence-electron chi connectivity index (χ1n) is 5.47. The van der Waals surface area contributed by atoms with E-state index in [9.17, 15) is 34.8 Å². The molecule has 10 nitrogen and oxygen atoms in total. The molecule has 1 rings (SSSR count). The zero-order chi connectivity index (χ0) is 15.0. The summed E-state index contributed by atoms with van der Waals surface area (Å²) in [5.41, 5.74) is -4.29. The van der Waals surface area contributed by atoms with Crippen molar-refractivity contribution in [3.63, 3.8) is 0 Å². The molecule has 0 radical (unpaired) electrons. The van der Waals surface area contributed by atoms with Gasteiger partial charge in [0.15, 0.2) is 0 Å². The van der Waals surface area contributed by atoms with Crippen LogP contribution in [0.5, 0.6) is 0 Å². The van der Waals surface area contributed by atoms with Crippen molar-refractivity contribution >= 4 is 0 Å². The second-order valence-electron chi connectivity index (χ2n) is 3.94. The topological polar surface area (TPSA) is 158 Å². The predicted octanol–water partition coefficient (Wildman–Crippen LogP) is -3.29. The smallest absolute Gasteiger partial charge is 0.345 e. The molecule has 0 bridgehead atoms. The molecule has 1 aromatic rings. The lowest BCUT2D eigenvalue weighted by molar-refractivity contribution is -0.252. The number of H-pyrrole nitrogens is 1. The lowest BCUT2D eigenvalue weighted by Crippen LogP contribution is -2.61. The molecule has 0 spiro atoms. The summed E-state index contributed by atoms with van der Waals surface area (Å²) in [4.78, 5) is 36.4. The van der Waals surface area contributed by atoms with Crippen LogP contribution < -0.4 is 17.1 Å². The first-order chi connectivity index (χ1) is 8.58. The van der Waals surface area contributed by atoms with Crippen molar-refractivity contribution in [2.45, 2.75) is 38.5 Å². The van der Waals surface area contributed by atoms with E-state index in [1.165, 1.54) is 13.8 Å². The highest BCUT2D eigenvalue weighted by Gasteiger charge is 2.34. The van der Waals surface area contributed by atoms with Crippen molar-refractivity contribution in [1.82, 2.24) is 14.1 Å². The fraction of sp³-hybridized carbons (Fsp3) is 0.667. The Morgan fingerprint density at radius 1 is 0.895 bits per heavy atom. The largest absolute Gasteiger partial charge is 0.348 e. The minimum absolute atomic E-state index is 0.0781. The van der Waals surface area contributed by atoms with Crippen molar-refractivity contribution in [3.8, 4) is 0 Å². The quantitative estimate of drug-likeness (QED) is 0.361. The van der Waals surface area contributed by atoms with E-state index in [1.807, 2.05) is 0 Å². The molecule has 0 aliphatic rings. The van der Waals surface area contributed by atoms with Gasteiger partial charge in [0.25, 0.3) is 11.8 Å². The highest BCUT2D eigenvalue weighted by atomic mass is 16.5. The summed E-state index contributed by atoms with van der Waals surface area (Å²) in [6.45, 7) is 2.54. The molecule has 1 aromatic heterocycles. The third-order valence-electron chi connectivity index (χ3n) is 2.67. The lowest BCUT2D eigenvalue weighted by Gasteiger charge is -2.25. The van der Waals surface area contributed by atoms with Crippen LogP contribution in [0.1, 0.15) is 26.7 Å². The molecule has 19 heavy (non-hydrogen) atoms. The molecule has 1 heterocycles. The summed E-state index contributed by atoms with van der Waals surface area (Å²) in [5, 5.41) is 38.1.